The van der Waals surface area contributed by atoms with Gasteiger partial charge in [-0.05, 0) is 51.0 Å². The van der Waals surface area contributed by atoms with Crippen molar-refractivity contribution in [3.05, 3.63) is 29.8 Å². The molecule has 26 heavy (non-hydrogen) atoms. The van der Waals surface area contributed by atoms with Gasteiger partial charge >= 0.3 is 12.0 Å². The van der Waals surface area contributed by atoms with Crippen LogP contribution < -0.4 is 15.5 Å². The van der Waals surface area contributed by atoms with Crippen LogP contribution in [0.4, 0.5) is 10.5 Å². The molecular weight excluding hydrogens is 334 g/mol. The van der Waals surface area contributed by atoms with E-state index in [1.54, 1.807) is 12.1 Å². The Kier molecular flexibility index (Phi) is 7.44. The number of benzene rings is 1. The first-order valence-electron chi connectivity index (χ1n) is 9.16. The second kappa shape index (κ2) is 9.79. The fourth-order valence-corrected chi connectivity index (χ4v) is 3.07. The van der Waals surface area contributed by atoms with Crippen molar-refractivity contribution in [1.82, 2.24) is 10.6 Å². The first-order valence-corrected chi connectivity index (χ1v) is 9.16. The number of esters is 1. The smallest absolute Gasteiger partial charge is 0.338 e. The molecule has 0 saturated heterocycles. The number of anilines is 1. The van der Waals surface area contributed by atoms with Crippen LogP contribution in [-0.4, -0.2) is 43.6 Å². The van der Waals surface area contributed by atoms with Gasteiger partial charge in [0.15, 0.2) is 6.61 Å². The minimum absolute atomic E-state index is 0.120. The number of hydrogen-bond donors (Lipinski definition) is 2. The second-order valence-corrected chi connectivity index (χ2v) is 6.30. The van der Waals surface area contributed by atoms with Crippen molar-refractivity contribution >= 4 is 23.6 Å². The Hall–Kier alpha value is -2.57. The van der Waals surface area contributed by atoms with Crippen LogP contribution in [0.3, 0.4) is 0 Å². The van der Waals surface area contributed by atoms with E-state index >= 15 is 0 Å². The van der Waals surface area contributed by atoms with E-state index in [0.717, 1.165) is 44.5 Å². The Labute approximate surface area is 154 Å². The molecular formula is C19H27N3O4. The Balaban J connectivity index is 1.76. The first kappa shape index (κ1) is 19.8. The number of ether oxygens (including phenoxy) is 1. The van der Waals surface area contributed by atoms with E-state index in [0.29, 0.717) is 5.56 Å². The van der Waals surface area contributed by atoms with Crippen molar-refractivity contribution in [2.24, 2.45) is 0 Å². The zero-order valence-corrected chi connectivity index (χ0v) is 15.4. The summed E-state index contributed by atoms with van der Waals surface area (Å²) in [5.41, 5.74) is 1.39. The van der Waals surface area contributed by atoms with Gasteiger partial charge in [0.2, 0.25) is 0 Å². The summed E-state index contributed by atoms with van der Waals surface area (Å²) in [6, 6.07) is 6.61. The zero-order chi connectivity index (χ0) is 18.9. The molecule has 0 atom stereocenters. The van der Waals surface area contributed by atoms with Gasteiger partial charge in [-0.3, -0.25) is 10.1 Å². The molecule has 142 valence electrons. The van der Waals surface area contributed by atoms with Crippen LogP contribution in [0.5, 0.6) is 0 Å². The summed E-state index contributed by atoms with van der Waals surface area (Å²) >= 11 is 0. The third-order valence-corrected chi connectivity index (χ3v) is 4.51. The summed E-state index contributed by atoms with van der Waals surface area (Å²) in [6.07, 6.45) is 4.04. The lowest BCUT2D eigenvalue weighted by molar-refractivity contribution is -0.123. The summed E-state index contributed by atoms with van der Waals surface area (Å²) in [7, 11) is 0. The quantitative estimate of drug-likeness (QED) is 0.729. The van der Waals surface area contributed by atoms with E-state index in [4.69, 9.17) is 4.74 Å². The van der Waals surface area contributed by atoms with Gasteiger partial charge in [-0.2, -0.15) is 0 Å². The average Bonchev–Trinajstić information content (AvgIpc) is 3.14. The molecule has 2 rings (SSSR count). The van der Waals surface area contributed by atoms with Crippen molar-refractivity contribution in [3.63, 3.8) is 0 Å². The summed E-state index contributed by atoms with van der Waals surface area (Å²) in [5, 5.41) is 4.92. The van der Waals surface area contributed by atoms with Gasteiger partial charge in [-0.1, -0.05) is 12.8 Å². The summed E-state index contributed by atoms with van der Waals surface area (Å²) < 4.78 is 4.97. The van der Waals surface area contributed by atoms with Crippen LogP contribution in [0.1, 0.15) is 49.9 Å². The normalized spacial score (nSPS) is 13.9. The predicted octanol–water partition coefficient (Wildman–Crippen LogP) is 2.46. The van der Waals surface area contributed by atoms with E-state index < -0.39 is 24.5 Å². The summed E-state index contributed by atoms with van der Waals surface area (Å²) in [4.78, 5) is 37.6. The second-order valence-electron chi connectivity index (χ2n) is 6.30. The number of amides is 3. The molecule has 0 aromatic heterocycles. The number of hydrogen-bond acceptors (Lipinski definition) is 5. The molecule has 3 amide bonds. The lowest BCUT2D eigenvalue weighted by Gasteiger charge is -2.20. The molecule has 0 unspecified atom stereocenters. The molecule has 1 fully saturated rings. The van der Waals surface area contributed by atoms with Crippen molar-refractivity contribution in [1.29, 1.82) is 0 Å². The highest BCUT2D eigenvalue weighted by Gasteiger charge is 2.19. The molecule has 1 aromatic carbocycles. The van der Waals surface area contributed by atoms with E-state index in [1.165, 1.54) is 0 Å². The average molecular weight is 361 g/mol. The van der Waals surface area contributed by atoms with E-state index in [1.807, 2.05) is 12.1 Å². The number of carbonyl (C=O) groups excluding carboxylic acids is 3. The molecule has 0 spiro atoms. The van der Waals surface area contributed by atoms with E-state index in [2.05, 4.69) is 29.4 Å². The number of imide groups is 1. The molecule has 7 nitrogen and oxygen atoms in total. The zero-order valence-electron chi connectivity index (χ0n) is 15.4. The van der Waals surface area contributed by atoms with Crippen molar-refractivity contribution in [2.75, 3.05) is 24.6 Å². The van der Waals surface area contributed by atoms with Gasteiger partial charge < -0.3 is 15.0 Å². The highest BCUT2D eigenvalue weighted by Crippen LogP contribution is 2.17. The molecule has 7 heteroatoms. The predicted molar refractivity (Wildman–Crippen MR) is 99.2 cm³/mol. The molecule has 1 aliphatic carbocycles. The van der Waals surface area contributed by atoms with Crippen LogP contribution in [0.2, 0.25) is 0 Å². The number of nitrogens with zero attached hydrogens (tertiary/aromatic N) is 1. The van der Waals surface area contributed by atoms with E-state index in [9.17, 15) is 14.4 Å². The number of nitrogens with one attached hydrogen (secondary N) is 2. The van der Waals surface area contributed by atoms with Gasteiger partial charge in [0.1, 0.15) is 0 Å². The molecule has 0 aliphatic heterocycles. The fraction of sp³-hybridized carbons (Fsp3) is 0.526. The molecule has 1 aliphatic rings. The Morgan fingerprint density at radius 3 is 2.27 bits per heavy atom. The Bertz CT molecular complexity index is 620. The van der Waals surface area contributed by atoms with Crippen LogP contribution >= 0.6 is 0 Å². The fourth-order valence-electron chi connectivity index (χ4n) is 3.07. The maximum atomic E-state index is 12.0. The van der Waals surface area contributed by atoms with Crippen LogP contribution in [-0.2, 0) is 9.53 Å². The highest BCUT2D eigenvalue weighted by molar-refractivity contribution is 5.97. The van der Waals surface area contributed by atoms with Crippen LogP contribution in [0.25, 0.3) is 0 Å². The van der Waals surface area contributed by atoms with Crippen molar-refractivity contribution < 1.29 is 19.1 Å². The van der Waals surface area contributed by atoms with Gasteiger partial charge in [-0.15, -0.1) is 0 Å². The number of carbonyl (C=O) groups is 3. The SMILES string of the molecule is CCN(CC)c1ccc(C(=O)OCC(=O)NC(=O)NC2CCCC2)cc1. The molecule has 0 bridgehead atoms. The third kappa shape index (κ3) is 5.75. The minimum Gasteiger partial charge on any atom is -0.452 e. The molecule has 0 radical (unpaired) electrons. The number of urea groups is 1. The van der Waals surface area contributed by atoms with Crippen molar-refractivity contribution in [3.8, 4) is 0 Å². The topological polar surface area (TPSA) is 87.7 Å². The van der Waals surface area contributed by atoms with Gasteiger partial charge in [-0.25, -0.2) is 9.59 Å². The van der Waals surface area contributed by atoms with Crippen molar-refractivity contribution in [2.45, 2.75) is 45.6 Å². The molecule has 2 N–H and O–H groups in total. The lowest BCUT2D eigenvalue weighted by Crippen LogP contribution is -2.44. The maximum absolute atomic E-state index is 12.0. The maximum Gasteiger partial charge on any atom is 0.338 e. The number of rotatable bonds is 7. The lowest BCUT2D eigenvalue weighted by atomic mass is 10.2. The monoisotopic (exact) mass is 361 g/mol. The minimum atomic E-state index is -0.645. The summed E-state index contributed by atoms with van der Waals surface area (Å²) in [5.74, 6) is -1.24. The van der Waals surface area contributed by atoms with E-state index in [-0.39, 0.29) is 6.04 Å². The molecule has 1 aromatic rings. The molecule has 1 saturated carbocycles. The highest BCUT2D eigenvalue weighted by atomic mass is 16.5. The summed E-state index contributed by atoms with van der Waals surface area (Å²) in [6.45, 7) is 5.39. The third-order valence-electron chi connectivity index (χ3n) is 4.51. The Morgan fingerprint density at radius 1 is 1.08 bits per heavy atom. The van der Waals surface area contributed by atoms with Crippen LogP contribution in [0.15, 0.2) is 24.3 Å². The van der Waals surface area contributed by atoms with Gasteiger partial charge in [0, 0.05) is 24.8 Å². The van der Waals surface area contributed by atoms with Gasteiger partial charge in [0.05, 0.1) is 5.56 Å². The Morgan fingerprint density at radius 2 is 1.69 bits per heavy atom. The van der Waals surface area contributed by atoms with Crippen LogP contribution in [0, 0.1) is 0 Å². The standard InChI is InChI=1S/C19H27N3O4/c1-3-22(4-2)16-11-9-14(10-12-16)18(24)26-13-17(23)21-19(25)20-15-7-5-6-8-15/h9-12,15H,3-8,13H2,1-2H3,(H2,20,21,23,25). The largest absolute Gasteiger partial charge is 0.452 e. The molecule has 0 heterocycles. The van der Waals surface area contributed by atoms with Gasteiger partial charge in [0.25, 0.3) is 5.91 Å². The first-order chi connectivity index (χ1) is 12.5.